The summed E-state index contributed by atoms with van der Waals surface area (Å²) in [6.45, 7) is 1.60. The Morgan fingerprint density at radius 2 is 1.79 bits per heavy atom. The van der Waals surface area contributed by atoms with Crippen molar-refractivity contribution in [3.8, 4) is 0 Å². The molecular formula is C21H23ClN4O2S. The Morgan fingerprint density at radius 1 is 1.07 bits per heavy atom. The number of benzene rings is 2. The van der Waals surface area contributed by atoms with Crippen molar-refractivity contribution < 1.29 is 8.42 Å². The summed E-state index contributed by atoms with van der Waals surface area (Å²) >= 11 is 6.15. The van der Waals surface area contributed by atoms with Crippen LogP contribution in [-0.4, -0.2) is 56.7 Å². The van der Waals surface area contributed by atoms with Crippen molar-refractivity contribution in [1.29, 1.82) is 0 Å². The highest BCUT2D eigenvalue weighted by Crippen LogP contribution is 2.24. The van der Waals surface area contributed by atoms with Gasteiger partial charge in [0.25, 0.3) is 0 Å². The molecule has 3 rings (SSSR count). The van der Waals surface area contributed by atoms with Crippen LogP contribution in [0.4, 0.5) is 5.82 Å². The Hall–Kier alpha value is -2.48. The van der Waals surface area contributed by atoms with Crippen molar-refractivity contribution in [3.63, 3.8) is 0 Å². The summed E-state index contributed by atoms with van der Waals surface area (Å²) in [4.78, 5) is 11.6. The first-order valence-corrected chi connectivity index (χ1v) is 11.3. The fourth-order valence-corrected chi connectivity index (χ4v) is 3.53. The van der Waals surface area contributed by atoms with Gasteiger partial charge < -0.3 is 10.2 Å². The summed E-state index contributed by atoms with van der Waals surface area (Å²) in [7, 11) is 0.821. The van der Waals surface area contributed by atoms with Gasteiger partial charge in [0.1, 0.15) is 5.82 Å². The molecular weight excluding hydrogens is 408 g/mol. The fourth-order valence-electron chi connectivity index (χ4n) is 2.72. The number of aromatic nitrogens is 2. The number of sulfone groups is 1. The van der Waals surface area contributed by atoms with Crippen LogP contribution in [0.5, 0.6) is 0 Å². The van der Waals surface area contributed by atoms with Crippen LogP contribution >= 0.6 is 11.6 Å². The minimum Gasteiger partial charge on any atom is -0.368 e. The lowest BCUT2D eigenvalue weighted by molar-refractivity contribution is 0.425. The van der Waals surface area contributed by atoms with Crippen LogP contribution < -0.4 is 5.32 Å². The molecule has 1 heterocycles. The molecule has 1 aromatic heterocycles. The summed E-state index contributed by atoms with van der Waals surface area (Å²) < 4.78 is 23.2. The molecule has 0 aliphatic rings. The molecule has 2 aromatic carbocycles. The zero-order valence-electron chi connectivity index (χ0n) is 16.6. The molecule has 0 unspecified atom stereocenters. The standard InChI is InChI=1S/C21H23ClN4O2S/c1-26(2)13-12-23-21-18-14-16(22)7-10-19(18)24-20(25-21)11-6-15-4-8-17(9-5-15)29(3,27)28/h4-11,14H,12-13H2,1-3H3,(H,23,24,25)/b11-6+. The summed E-state index contributed by atoms with van der Waals surface area (Å²) in [5, 5.41) is 4.85. The Labute approximate surface area is 176 Å². The Bertz CT molecular complexity index is 1140. The molecule has 0 saturated carbocycles. The maximum Gasteiger partial charge on any atom is 0.175 e. The van der Waals surface area contributed by atoms with E-state index in [1.165, 1.54) is 6.26 Å². The third kappa shape index (κ3) is 5.76. The molecule has 152 valence electrons. The lowest BCUT2D eigenvalue weighted by Crippen LogP contribution is -2.21. The van der Waals surface area contributed by atoms with Gasteiger partial charge in [-0.15, -0.1) is 0 Å². The van der Waals surface area contributed by atoms with E-state index in [9.17, 15) is 8.42 Å². The quantitative estimate of drug-likeness (QED) is 0.614. The molecule has 0 spiro atoms. The minimum atomic E-state index is -3.21. The summed E-state index contributed by atoms with van der Waals surface area (Å²) in [6, 6.07) is 12.2. The van der Waals surface area contributed by atoms with Crippen molar-refractivity contribution in [2.45, 2.75) is 4.90 Å². The molecule has 8 heteroatoms. The van der Waals surface area contributed by atoms with Crippen LogP contribution in [0.2, 0.25) is 5.02 Å². The van der Waals surface area contributed by atoms with E-state index < -0.39 is 9.84 Å². The van der Waals surface area contributed by atoms with Crippen molar-refractivity contribution in [2.24, 2.45) is 0 Å². The van der Waals surface area contributed by atoms with Gasteiger partial charge in [0.2, 0.25) is 0 Å². The minimum absolute atomic E-state index is 0.292. The molecule has 0 saturated heterocycles. The molecule has 0 fully saturated rings. The van der Waals surface area contributed by atoms with Gasteiger partial charge >= 0.3 is 0 Å². The normalized spacial score (nSPS) is 12.2. The van der Waals surface area contributed by atoms with Crippen LogP contribution in [-0.2, 0) is 9.84 Å². The molecule has 1 N–H and O–H groups in total. The van der Waals surface area contributed by atoms with Crippen LogP contribution in [0.25, 0.3) is 23.1 Å². The van der Waals surface area contributed by atoms with E-state index in [0.717, 1.165) is 35.4 Å². The molecule has 29 heavy (non-hydrogen) atoms. The Balaban J connectivity index is 1.90. The second kappa shape index (κ2) is 8.90. The number of hydrogen-bond acceptors (Lipinski definition) is 6. The lowest BCUT2D eigenvalue weighted by atomic mass is 10.2. The van der Waals surface area contributed by atoms with E-state index in [-0.39, 0.29) is 0 Å². The van der Waals surface area contributed by atoms with Crippen LogP contribution in [0.3, 0.4) is 0 Å². The smallest absolute Gasteiger partial charge is 0.175 e. The largest absolute Gasteiger partial charge is 0.368 e. The number of halogens is 1. The van der Waals surface area contributed by atoms with Gasteiger partial charge in [0.05, 0.1) is 10.4 Å². The number of nitrogens with one attached hydrogen (secondary N) is 1. The zero-order chi connectivity index (χ0) is 21.0. The Morgan fingerprint density at radius 3 is 2.45 bits per heavy atom. The second-order valence-electron chi connectivity index (χ2n) is 7.00. The summed E-state index contributed by atoms with van der Waals surface area (Å²) in [5.41, 5.74) is 1.66. The van der Waals surface area contributed by atoms with Gasteiger partial charge in [0.15, 0.2) is 15.7 Å². The van der Waals surface area contributed by atoms with E-state index in [4.69, 9.17) is 11.6 Å². The molecule has 0 atom stereocenters. The van der Waals surface area contributed by atoms with Crippen LogP contribution in [0.1, 0.15) is 11.4 Å². The van der Waals surface area contributed by atoms with Crippen molar-refractivity contribution in [1.82, 2.24) is 14.9 Å². The van der Waals surface area contributed by atoms with Gasteiger partial charge in [-0.05, 0) is 56.1 Å². The molecule has 0 aliphatic heterocycles. The highest BCUT2D eigenvalue weighted by atomic mass is 35.5. The zero-order valence-corrected chi connectivity index (χ0v) is 18.1. The molecule has 3 aromatic rings. The monoisotopic (exact) mass is 430 g/mol. The maximum atomic E-state index is 11.6. The highest BCUT2D eigenvalue weighted by molar-refractivity contribution is 7.90. The predicted octanol–water partition coefficient (Wildman–Crippen LogP) is 3.83. The number of hydrogen-bond donors (Lipinski definition) is 1. The number of anilines is 1. The maximum absolute atomic E-state index is 11.6. The van der Waals surface area contributed by atoms with Crippen LogP contribution in [0, 0.1) is 0 Å². The molecule has 0 amide bonds. The summed E-state index contributed by atoms with van der Waals surface area (Å²) in [5.74, 6) is 1.28. The lowest BCUT2D eigenvalue weighted by Gasteiger charge is -2.13. The van der Waals surface area contributed by atoms with Crippen molar-refractivity contribution in [2.75, 3.05) is 38.8 Å². The van der Waals surface area contributed by atoms with E-state index in [1.807, 2.05) is 32.3 Å². The van der Waals surface area contributed by atoms with Gasteiger partial charge in [-0.1, -0.05) is 29.8 Å². The highest BCUT2D eigenvalue weighted by Gasteiger charge is 2.08. The number of nitrogens with zero attached hydrogens (tertiary/aromatic N) is 3. The average Bonchev–Trinajstić information content (AvgIpc) is 2.66. The molecule has 0 bridgehead atoms. The van der Waals surface area contributed by atoms with Gasteiger partial charge in [-0.2, -0.15) is 0 Å². The van der Waals surface area contributed by atoms with Crippen LogP contribution in [0.15, 0.2) is 47.4 Å². The average molecular weight is 431 g/mol. The van der Waals surface area contributed by atoms with Gasteiger partial charge in [0, 0.05) is 29.8 Å². The first-order valence-electron chi connectivity index (χ1n) is 9.06. The van der Waals surface area contributed by atoms with E-state index in [0.29, 0.717) is 15.7 Å². The van der Waals surface area contributed by atoms with E-state index in [2.05, 4.69) is 20.2 Å². The van der Waals surface area contributed by atoms with E-state index in [1.54, 1.807) is 36.4 Å². The third-order valence-corrected chi connectivity index (χ3v) is 5.62. The SMILES string of the molecule is CN(C)CCNc1nc(/C=C/c2ccc(S(C)(=O)=O)cc2)nc2ccc(Cl)cc12. The molecule has 0 aliphatic carbocycles. The van der Waals surface area contributed by atoms with Gasteiger partial charge in [-0.25, -0.2) is 18.4 Å². The first-order chi connectivity index (χ1) is 13.7. The third-order valence-electron chi connectivity index (χ3n) is 4.26. The second-order valence-corrected chi connectivity index (χ2v) is 9.45. The summed E-state index contributed by atoms with van der Waals surface area (Å²) in [6.07, 6.45) is 4.85. The number of rotatable bonds is 7. The van der Waals surface area contributed by atoms with Crippen molar-refractivity contribution >= 4 is 50.3 Å². The topological polar surface area (TPSA) is 75.2 Å². The van der Waals surface area contributed by atoms with Crippen molar-refractivity contribution in [3.05, 3.63) is 58.9 Å². The van der Waals surface area contributed by atoms with Gasteiger partial charge in [-0.3, -0.25) is 0 Å². The number of likely N-dealkylation sites (N-methyl/N-ethyl adjacent to an activating group) is 1. The Kier molecular flexibility index (Phi) is 6.52. The first kappa shape index (κ1) is 21.2. The molecule has 6 nitrogen and oxygen atoms in total. The predicted molar refractivity (Wildman–Crippen MR) is 120 cm³/mol. The number of fused-ring (bicyclic) bond motifs is 1. The van der Waals surface area contributed by atoms with E-state index >= 15 is 0 Å². The molecule has 0 radical (unpaired) electrons. The fraction of sp³-hybridized carbons (Fsp3) is 0.238.